The molecule has 3 heteroatoms. The zero-order valence-corrected chi connectivity index (χ0v) is 15.9. The first kappa shape index (κ1) is 18.4. The molecular formula is C21H28O3. The van der Waals surface area contributed by atoms with Gasteiger partial charge in [0.15, 0.2) is 5.78 Å². The van der Waals surface area contributed by atoms with Crippen LogP contribution in [-0.2, 0) is 14.3 Å². The average molecular weight is 328 g/mol. The predicted octanol–water partition coefficient (Wildman–Crippen LogP) is 4.99. The Morgan fingerprint density at radius 1 is 1.08 bits per heavy atom. The quantitative estimate of drug-likeness (QED) is 0.718. The summed E-state index contributed by atoms with van der Waals surface area (Å²) in [6.07, 6.45) is 1.05. The van der Waals surface area contributed by atoms with Gasteiger partial charge in [0, 0.05) is 12.8 Å². The van der Waals surface area contributed by atoms with Crippen molar-refractivity contribution in [3.8, 4) is 0 Å². The molecule has 2 rings (SSSR count). The summed E-state index contributed by atoms with van der Waals surface area (Å²) in [6.45, 7) is 13.6. The molecule has 0 spiro atoms. The Morgan fingerprint density at radius 3 is 2.25 bits per heavy atom. The molecule has 0 amide bonds. The molecule has 0 heterocycles. The molecule has 0 saturated carbocycles. The minimum absolute atomic E-state index is 0.0474. The number of aryl methyl sites for hydroxylation is 2. The van der Waals surface area contributed by atoms with Crippen molar-refractivity contribution >= 4 is 17.3 Å². The molecule has 0 atom stereocenters. The molecule has 1 aromatic carbocycles. The van der Waals surface area contributed by atoms with Gasteiger partial charge >= 0.3 is 5.97 Å². The van der Waals surface area contributed by atoms with Crippen molar-refractivity contribution in [1.82, 2.24) is 0 Å². The molecular weight excluding hydrogens is 300 g/mol. The minimum atomic E-state index is -0.605. The number of rotatable bonds is 2. The van der Waals surface area contributed by atoms with Crippen LogP contribution in [0.25, 0.3) is 5.57 Å². The van der Waals surface area contributed by atoms with Gasteiger partial charge < -0.3 is 4.74 Å². The lowest BCUT2D eigenvalue weighted by Gasteiger charge is -2.32. The number of carbonyl (C=O) groups is 2. The summed E-state index contributed by atoms with van der Waals surface area (Å²) in [5.41, 5.74) is 2.90. The maximum atomic E-state index is 12.8. The molecule has 0 aliphatic heterocycles. The van der Waals surface area contributed by atoms with E-state index < -0.39 is 5.41 Å². The number of hydrogen-bond donors (Lipinski definition) is 0. The lowest BCUT2D eigenvalue weighted by Crippen LogP contribution is -2.30. The maximum absolute atomic E-state index is 12.8. The van der Waals surface area contributed by atoms with E-state index in [0.717, 1.165) is 11.1 Å². The molecule has 0 radical (unpaired) electrons. The number of carbonyl (C=O) groups excluding carboxylic acids is 2. The van der Waals surface area contributed by atoms with Gasteiger partial charge in [0.2, 0.25) is 0 Å². The van der Waals surface area contributed by atoms with E-state index in [-0.39, 0.29) is 17.2 Å². The van der Waals surface area contributed by atoms with Gasteiger partial charge in [-0.15, -0.1) is 0 Å². The van der Waals surface area contributed by atoms with Crippen LogP contribution < -0.4 is 0 Å². The third kappa shape index (κ3) is 3.95. The van der Waals surface area contributed by atoms with Crippen LogP contribution in [0.1, 0.15) is 64.2 Å². The third-order valence-corrected chi connectivity index (χ3v) is 4.46. The highest BCUT2D eigenvalue weighted by molar-refractivity contribution is 6.22. The van der Waals surface area contributed by atoms with Crippen molar-refractivity contribution in [3.05, 3.63) is 40.6 Å². The van der Waals surface area contributed by atoms with Crippen molar-refractivity contribution in [2.24, 2.45) is 10.8 Å². The van der Waals surface area contributed by atoms with Crippen LogP contribution in [0.15, 0.2) is 24.0 Å². The molecule has 0 bridgehead atoms. The topological polar surface area (TPSA) is 43.4 Å². The van der Waals surface area contributed by atoms with Crippen LogP contribution in [0.4, 0.5) is 0 Å². The Hall–Kier alpha value is -1.90. The fourth-order valence-corrected chi connectivity index (χ4v) is 2.84. The summed E-state index contributed by atoms with van der Waals surface area (Å²) in [7, 11) is 0. The number of esters is 1. The molecule has 0 N–H and O–H groups in total. The highest BCUT2D eigenvalue weighted by atomic mass is 16.5. The SMILES string of the molecule is Cc1ccc(C2=C(OC(=O)C(C)(C)C)CC(C)(C)CC2=O)cc1C. The molecule has 24 heavy (non-hydrogen) atoms. The van der Waals surface area contributed by atoms with E-state index >= 15 is 0 Å². The standard InChI is InChI=1S/C21H28O3/c1-13-8-9-15(10-14(13)2)18-16(22)11-21(6,7)12-17(18)24-19(23)20(3,4)5/h8-10H,11-12H2,1-7H3. The summed E-state index contributed by atoms with van der Waals surface area (Å²) < 4.78 is 5.72. The molecule has 0 fully saturated rings. The second-order valence-corrected chi connectivity index (χ2v) is 8.68. The summed E-state index contributed by atoms with van der Waals surface area (Å²) in [5.74, 6) is 0.259. The Kier molecular flexibility index (Phi) is 4.76. The van der Waals surface area contributed by atoms with Crippen LogP contribution in [0, 0.1) is 24.7 Å². The predicted molar refractivity (Wildman–Crippen MR) is 96.4 cm³/mol. The van der Waals surface area contributed by atoms with E-state index in [2.05, 4.69) is 0 Å². The molecule has 1 aliphatic rings. The number of benzene rings is 1. The minimum Gasteiger partial charge on any atom is -0.430 e. The molecule has 0 aromatic heterocycles. The first-order valence-electron chi connectivity index (χ1n) is 8.47. The maximum Gasteiger partial charge on any atom is 0.316 e. The second-order valence-electron chi connectivity index (χ2n) is 8.68. The van der Waals surface area contributed by atoms with Crippen LogP contribution in [0.5, 0.6) is 0 Å². The van der Waals surface area contributed by atoms with Gasteiger partial charge in [0.25, 0.3) is 0 Å². The zero-order valence-electron chi connectivity index (χ0n) is 15.9. The van der Waals surface area contributed by atoms with Gasteiger partial charge in [-0.25, -0.2) is 0 Å². The first-order valence-corrected chi connectivity index (χ1v) is 8.47. The summed E-state index contributed by atoms with van der Waals surface area (Å²) in [5, 5.41) is 0. The van der Waals surface area contributed by atoms with Crippen LogP contribution in [0.3, 0.4) is 0 Å². The van der Waals surface area contributed by atoms with Gasteiger partial charge in [-0.05, 0) is 56.7 Å². The monoisotopic (exact) mass is 328 g/mol. The van der Waals surface area contributed by atoms with Gasteiger partial charge in [-0.3, -0.25) is 9.59 Å². The molecule has 3 nitrogen and oxygen atoms in total. The summed E-state index contributed by atoms with van der Waals surface area (Å²) in [4.78, 5) is 25.2. The Balaban J connectivity index is 2.55. The largest absolute Gasteiger partial charge is 0.430 e. The summed E-state index contributed by atoms with van der Waals surface area (Å²) >= 11 is 0. The van der Waals surface area contributed by atoms with Crippen molar-refractivity contribution in [2.75, 3.05) is 0 Å². The van der Waals surface area contributed by atoms with Crippen LogP contribution >= 0.6 is 0 Å². The smallest absolute Gasteiger partial charge is 0.316 e. The van der Waals surface area contributed by atoms with Gasteiger partial charge in [0.05, 0.1) is 11.0 Å². The van der Waals surface area contributed by atoms with E-state index in [1.165, 1.54) is 5.56 Å². The Morgan fingerprint density at radius 2 is 1.71 bits per heavy atom. The lowest BCUT2D eigenvalue weighted by molar-refractivity contribution is -0.149. The van der Waals surface area contributed by atoms with E-state index in [4.69, 9.17) is 4.74 Å². The number of hydrogen-bond acceptors (Lipinski definition) is 3. The van der Waals surface area contributed by atoms with Crippen LogP contribution in [-0.4, -0.2) is 11.8 Å². The van der Waals surface area contributed by atoms with E-state index in [1.807, 2.05) is 66.7 Å². The van der Waals surface area contributed by atoms with E-state index in [0.29, 0.717) is 24.2 Å². The molecule has 0 unspecified atom stereocenters. The highest BCUT2D eigenvalue weighted by Crippen LogP contribution is 2.41. The lowest BCUT2D eigenvalue weighted by atomic mass is 9.75. The average Bonchev–Trinajstić information content (AvgIpc) is 2.39. The Labute approximate surface area is 145 Å². The van der Waals surface area contributed by atoms with Gasteiger partial charge in [0.1, 0.15) is 5.76 Å². The Bertz CT molecular complexity index is 715. The normalized spacial score (nSPS) is 17.9. The fraction of sp³-hybridized carbons (Fsp3) is 0.524. The van der Waals surface area contributed by atoms with E-state index in [1.54, 1.807) is 0 Å². The molecule has 1 aliphatic carbocycles. The van der Waals surface area contributed by atoms with Crippen molar-refractivity contribution in [1.29, 1.82) is 0 Å². The highest BCUT2D eigenvalue weighted by Gasteiger charge is 2.37. The molecule has 1 aromatic rings. The van der Waals surface area contributed by atoms with E-state index in [9.17, 15) is 9.59 Å². The van der Waals surface area contributed by atoms with Crippen molar-refractivity contribution in [3.63, 3.8) is 0 Å². The second kappa shape index (κ2) is 6.19. The third-order valence-electron chi connectivity index (χ3n) is 4.46. The zero-order chi connectivity index (χ0) is 18.3. The number of ether oxygens (including phenoxy) is 1. The van der Waals surface area contributed by atoms with Crippen molar-refractivity contribution in [2.45, 2.75) is 61.3 Å². The molecule has 0 saturated heterocycles. The number of allylic oxidation sites excluding steroid dienone is 2. The number of ketones is 1. The van der Waals surface area contributed by atoms with Crippen LogP contribution in [0.2, 0.25) is 0 Å². The first-order chi connectivity index (χ1) is 10.9. The number of Topliss-reactive ketones (excluding diaryl/α,β-unsaturated/α-hetero) is 1. The fourth-order valence-electron chi connectivity index (χ4n) is 2.84. The summed E-state index contributed by atoms with van der Waals surface area (Å²) in [6, 6.07) is 5.96. The molecule has 130 valence electrons. The van der Waals surface area contributed by atoms with Gasteiger partial charge in [-0.2, -0.15) is 0 Å². The van der Waals surface area contributed by atoms with Gasteiger partial charge in [-0.1, -0.05) is 32.0 Å². The van der Waals surface area contributed by atoms with Crippen molar-refractivity contribution < 1.29 is 14.3 Å².